The number of Topliss-reactive ketones (excluding diaryl/α,β-unsaturated/α-hetero) is 1. The van der Waals surface area contributed by atoms with E-state index >= 15 is 0 Å². The van der Waals surface area contributed by atoms with E-state index in [-0.39, 0.29) is 16.9 Å². The van der Waals surface area contributed by atoms with E-state index in [0.29, 0.717) is 12.4 Å². The molecule has 0 aliphatic carbocycles. The number of carbonyl (C=O) groups excluding carboxylic acids is 2. The molecule has 0 bridgehead atoms. The van der Waals surface area contributed by atoms with Gasteiger partial charge in [0.2, 0.25) is 5.78 Å². The van der Waals surface area contributed by atoms with Crippen LogP contribution >= 0.6 is 0 Å². The molecule has 0 saturated carbocycles. The number of esters is 1. The zero-order valence-corrected chi connectivity index (χ0v) is 15.8. The quantitative estimate of drug-likeness (QED) is 0.417. The van der Waals surface area contributed by atoms with Crippen molar-refractivity contribution in [2.45, 2.75) is 6.61 Å². The first-order valence-corrected chi connectivity index (χ1v) is 8.87. The third kappa shape index (κ3) is 5.42. The molecule has 3 rings (SSSR count). The predicted octanol–water partition coefficient (Wildman–Crippen LogP) is 4.45. The molecule has 0 fully saturated rings. The zero-order chi connectivity index (χ0) is 20.6. The highest BCUT2D eigenvalue weighted by molar-refractivity contribution is 6.01. The Morgan fingerprint density at radius 3 is 2.34 bits per heavy atom. The third-order valence-corrected chi connectivity index (χ3v) is 4.13. The van der Waals surface area contributed by atoms with Gasteiger partial charge in [-0.05, 0) is 48.0 Å². The summed E-state index contributed by atoms with van der Waals surface area (Å²) in [7, 11) is 1.37. The second-order valence-corrected chi connectivity index (χ2v) is 6.14. The lowest BCUT2D eigenvalue weighted by atomic mass is 10.1. The number of benzene rings is 3. The number of carbonyl (C=O) groups is 2. The van der Waals surface area contributed by atoms with Crippen LogP contribution in [0.1, 0.15) is 26.3 Å². The molecule has 0 atom stereocenters. The molecule has 5 nitrogen and oxygen atoms in total. The average molecular weight is 394 g/mol. The second-order valence-electron chi connectivity index (χ2n) is 6.14. The molecule has 3 aromatic rings. The summed E-state index contributed by atoms with van der Waals surface area (Å²) in [5.74, 6) is -0.981. The summed E-state index contributed by atoms with van der Waals surface area (Å²) in [6.45, 7) is -0.112. The molecule has 0 unspecified atom stereocenters. The minimum absolute atomic E-state index is 0.0185. The van der Waals surface area contributed by atoms with Crippen molar-refractivity contribution in [1.82, 2.24) is 0 Å². The van der Waals surface area contributed by atoms with E-state index < -0.39 is 24.2 Å². The van der Waals surface area contributed by atoms with E-state index in [9.17, 15) is 14.0 Å². The van der Waals surface area contributed by atoms with Crippen molar-refractivity contribution < 1.29 is 28.2 Å². The molecule has 0 amide bonds. The van der Waals surface area contributed by atoms with Crippen molar-refractivity contribution in [2.24, 2.45) is 0 Å². The van der Waals surface area contributed by atoms with Gasteiger partial charge in [0.1, 0.15) is 23.9 Å². The molecule has 0 aromatic heterocycles. The van der Waals surface area contributed by atoms with Crippen molar-refractivity contribution >= 4 is 11.8 Å². The van der Waals surface area contributed by atoms with Gasteiger partial charge in [0.25, 0.3) is 0 Å². The summed E-state index contributed by atoms with van der Waals surface area (Å²) in [5, 5.41) is 0. The summed E-state index contributed by atoms with van der Waals surface area (Å²) in [6, 6.07) is 19.7. The van der Waals surface area contributed by atoms with E-state index in [0.717, 1.165) is 11.6 Å². The summed E-state index contributed by atoms with van der Waals surface area (Å²) < 4.78 is 29.1. The minimum Gasteiger partial charge on any atom is -0.496 e. The predicted molar refractivity (Wildman–Crippen MR) is 105 cm³/mol. The molecular weight excluding hydrogens is 375 g/mol. The van der Waals surface area contributed by atoms with Crippen LogP contribution < -0.4 is 9.47 Å². The van der Waals surface area contributed by atoms with Gasteiger partial charge in [-0.3, -0.25) is 4.79 Å². The summed E-state index contributed by atoms with van der Waals surface area (Å²) >= 11 is 0. The fraction of sp³-hybridized carbons (Fsp3) is 0.130. The Hall–Kier alpha value is -3.67. The first kappa shape index (κ1) is 20.1. The Morgan fingerprint density at radius 2 is 1.66 bits per heavy atom. The molecular formula is C23H19FO5. The highest BCUT2D eigenvalue weighted by Crippen LogP contribution is 2.20. The number of ether oxygens (including phenoxy) is 3. The summed E-state index contributed by atoms with van der Waals surface area (Å²) in [5.41, 5.74) is 1.32. The summed E-state index contributed by atoms with van der Waals surface area (Å²) in [4.78, 5) is 24.4. The van der Waals surface area contributed by atoms with Gasteiger partial charge in [-0.25, -0.2) is 9.18 Å². The molecule has 29 heavy (non-hydrogen) atoms. The van der Waals surface area contributed by atoms with Gasteiger partial charge in [-0.1, -0.05) is 30.3 Å². The molecule has 148 valence electrons. The maximum absolute atomic E-state index is 13.4. The lowest BCUT2D eigenvalue weighted by Gasteiger charge is -2.09. The largest absolute Gasteiger partial charge is 0.496 e. The van der Waals surface area contributed by atoms with Crippen molar-refractivity contribution in [1.29, 1.82) is 0 Å². The van der Waals surface area contributed by atoms with Crippen molar-refractivity contribution in [3.63, 3.8) is 0 Å². The van der Waals surface area contributed by atoms with Gasteiger partial charge in [-0.15, -0.1) is 0 Å². The molecule has 0 radical (unpaired) electrons. The number of ketones is 1. The standard InChI is InChI=1S/C23H19FO5/c1-27-22-12-9-18(24)13-20(22)21(25)15-29-23(26)17-7-10-19(11-8-17)28-14-16-5-3-2-4-6-16/h2-13H,14-15H2,1H3. The molecule has 0 N–H and O–H groups in total. The van der Waals surface area contributed by atoms with Gasteiger partial charge in [0.15, 0.2) is 6.61 Å². The Bertz CT molecular complexity index is 984. The first-order chi connectivity index (χ1) is 14.1. The van der Waals surface area contributed by atoms with Crippen LogP contribution in [0.15, 0.2) is 72.8 Å². The molecule has 0 heterocycles. The van der Waals surface area contributed by atoms with Crippen molar-refractivity contribution in [3.8, 4) is 11.5 Å². The van der Waals surface area contributed by atoms with Gasteiger partial charge in [-0.2, -0.15) is 0 Å². The molecule has 3 aromatic carbocycles. The van der Waals surface area contributed by atoms with E-state index in [2.05, 4.69) is 0 Å². The first-order valence-electron chi connectivity index (χ1n) is 8.87. The smallest absolute Gasteiger partial charge is 0.338 e. The fourth-order valence-corrected chi connectivity index (χ4v) is 2.62. The van der Waals surface area contributed by atoms with Crippen LogP contribution in [0, 0.1) is 5.82 Å². The van der Waals surface area contributed by atoms with Crippen LogP contribution in [0.5, 0.6) is 11.5 Å². The average Bonchev–Trinajstić information content (AvgIpc) is 2.76. The number of hydrogen-bond donors (Lipinski definition) is 0. The summed E-state index contributed by atoms with van der Waals surface area (Å²) in [6.07, 6.45) is 0. The van der Waals surface area contributed by atoms with Gasteiger partial charge in [0.05, 0.1) is 18.2 Å². The number of rotatable bonds is 8. The van der Waals surface area contributed by atoms with Crippen molar-refractivity contribution in [3.05, 3.63) is 95.3 Å². The molecule has 0 saturated heterocycles. The Morgan fingerprint density at radius 1 is 0.931 bits per heavy atom. The van der Waals surface area contributed by atoms with Crippen LogP contribution in [0.25, 0.3) is 0 Å². The lowest BCUT2D eigenvalue weighted by molar-refractivity contribution is 0.0474. The SMILES string of the molecule is COc1ccc(F)cc1C(=O)COC(=O)c1ccc(OCc2ccccc2)cc1. The molecule has 0 aliphatic heterocycles. The zero-order valence-electron chi connectivity index (χ0n) is 15.8. The molecule has 6 heteroatoms. The van der Waals surface area contributed by atoms with Crippen LogP contribution in [0.3, 0.4) is 0 Å². The van der Waals surface area contributed by atoms with Gasteiger partial charge in [0, 0.05) is 0 Å². The maximum atomic E-state index is 13.4. The fourth-order valence-electron chi connectivity index (χ4n) is 2.62. The minimum atomic E-state index is -0.664. The van der Waals surface area contributed by atoms with Gasteiger partial charge < -0.3 is 14.2 Å². The Kier molecular flexibility index (Phi) is 6.58. The highest BCUT2D eigenvalue weighted by atomic mass is 19.1. The maximum Gasteiger partial charge on any atom is 0.338 e. The number of halogens is 1. The lowest BCUT2D eigenvalue weighted by Crippen LogP contribution is -2.15. The topological polar surface area (TPSA) is 61.8 Å². The Labute approximate surface area is 167 Å². The van der Waals surface area contributed by atoms with Crippen LogP contribution in [0.4, 0.5) is 4.39 Å². The normalized spacial score (nSPS) is 10.3. The van der Waals surface area contributed by atoms with Gasteiger partial charge >= 0.3 is 5.97 Å². The van der Waals surface area contributed by atoms with E-state index in [1.54, 1.807) is 24.3 Å². The van der Waals surface area contributed by atoms with E-state index in [1.807, 2.05) is 30.3 Å². The highest BCUT2D eigenvalue weighted by Gasteiger charge is 2.16. The van der Waals surface area contributed by atoms with Crippen LogP contribution in [-0.2, 0) is 11.3 Å². The number of methoxy groups -OCH3 is 1. The molecule has 0 aliphatic rings. The van der Waals surface area contributed by atoms with Crippen molar-refractivity contribution in [2.75, 3.05) is 13.7 Å². The van der Waals surface area contributed by atoms with E-state index in [4.69, 9.17) is 14.2 Å². The molecule has 0 spiro atoms. The Balaban J connectivity index is 1.55. The third-order valence-electron chi connectivity index (χ3n) is 4.13. The monoisotopic (exact) mass is 394 g/mol. The number of hydrogen-bond acceptors (Lipinski definition) is 5. The second kappa shape index (κ2) is 9.50. The van der Waals surface area contributed by atoms with Crippen LogP contribution in [0.2, 0.25) is 0 Å². The van der Waals surface area contributed by atoms with E-state index in [1.165, 1.54) is 19.2 Å². The van der Waals surface area contributed by atoms with Crippen LogP contribution in [-0.4, -0.2) is 25.5 Å².